The summed E-state index contributed by atoms with van der Waals surface area (Å²) < 4.78 is 0. The summed E-state index contributed by atoms with van der Waals surface area (Å²) in [5.74, 6) is 3.03. The van der Waals surface area contributed by atoms with E-state index in [0.29, 0.717) is 17.3 Å². The van der Waals surface area contributed by atoms with Crippen molar-refractivity contribution in [1.82, 2.24) is 0 Å². The topological polar surface area (TPSA) is 20.2 Å². The molecular weight excluding hydrogens is 508 g/mol. The first-order chi connectivity index (χ1) is 20.4. The van der Waals surface area contributed by atoms with Gasteiger partial charge in [-0.15, -0.1) is 0 Å². The molecule has 2 aliphatic carbocycles. The van der Waals surface area contributed by atoms with Gasteiger partial charge in [-0.1, -0.05) is 116 Å². The van der Waals surface area contributed by atoms with Crippen LogP contribution in [-0.2, 0) is 6.61 Å². The number of benzene rings is 4. The summed E-state index contributed by atoms with van der Waals surface area (Å²) in [4.78, 5) is 0. The Balaban J connectivity index is 1.05. The fraction of sp³-hybridized carbons (Fsp3) is 0.415. The monoisotopic (exact) mass is 556 g/mol. The fourth-order valence-electron chi connectivity index (χ4n) is 8.17. The third-order valence-electron chi connectivity index (χ3n) is 11.1. The van der Waals surface area contributed by atoms with Gasteiger partial charge in [0.2, 0.25) is 0 Å². The van der Waals surface area contributed by atoms with E-state index in [1.165, 1.54) is 90.3 Å². The van der Waals surface area contributed by atoms with Gasteiger partial charge in [0.05, 0.1) is 6.61 Å². The lowest BCUT2D eigenvalue weighted by molar-refractivity contribution is 0.0513. The van der Waals surface area contributed by atoms with E-state index in [2.05, 4.69) is 106 Å². The first-order valence-electron chi connectivity index (χ1n) is 16.4. The van der Waals surface area contributed by atoms with Gasteiger partial charge in [-0.2, -0.15) is 0 Å². The molecule has 1 N–H and O–H groups in total. The Morgan fingerprint density at radius 1 is 0.548 bits per heavy atom. The minimum Gasteiger partial charge on any atom is -0.392 e. The Kier molecular flexibility index (Phi) is 8.68. The van der Waals surface area contributed by atoms with Crippen LogP contribution in [0.3, 0.4) is 0 Å². The first-order valence-corrected chi connectivity index (χ1v) is 16.4. The highest BCUT2D eigenvalue weighted by atomic mass is 16.3. The summed E-state index contributed by atoms with van der Waals surface area (Å²) in [7, 11) is 0. The number of hydrogen-bond donors (Lipinski definition) is 1. The minimum absolute atomic E-state index is 0.101. The van der Waals surface area contributed by atoms with E-state index in [-0.39, 0.29) is 6.61 Å². The van der Waals surface area contributed by atoms with E-state index >= 15 is 0 Å². The standard InChI is InChI=1S/C41H48O/c1-29-10-14-31(15-11-29)35-6-4-8-37(26-35)33-18-22-39(23-19-33)41(2,3)40-24-20-34(21-25-40)38-9-5-7-36(27-38)32-16-12-30(28-42)13-17-32/h4-17,26-27,33-34,39-40,42H,18-25,28H2,1-3H3. The Morgan fingerprint density at radius 2 is 0.976 bits per heavy atom. The zero-order chi connectivity index (χ0) is 29.1. The molecule has 4 aromatic rings. The molecule has 0 amide bonds. The summed E-state index contributed by atoms with van der Waals surface area (Å²) in [6.07, 6.45) is 10.7. The van der Waals surface area contributed by atoms with Gasteiger partial charge in [0.1, 0.15) is 0 Å². The quantitative estimate of drug-likeness (QED) is 0.240. The van der Waals surface area contributed by atoms with Crippen LogP contribution in [0.1, 0.15) is 99.3 Å². The molecular formula is C41H48O. The van der Waals surface area contributed by atoms with Gasteiger partial charge in [0.15, 0.2) is 0 Å². The summed E-state index contributed by atoms with van der Waals surface area (Å²) in [6.45, 7) is 7.45. The third-order valence-corrected chi connectivity index (χ3v) is 11.1. The highest BCUT2D eigenvalue weighted by Crippen LogP contribution is 2.52. The molecule has 0 heterocycles. The average molecular weight is 557 g/mol. The molecule has 1 heteroatoms. The largest absolute Gasteiger partial charge is 0.392 e. The maximum absolute atomic E-state index is 9.39. The molecule has 2 fully saturated rings. The van der Waals surface area contributed by atoms with Crippen LogP contribution in [0.4, 0.5) is 0 Å². The fourth-order valence-corrected chi connectivity index (χ4v) is 8.17. The molecule has 0 aromatic heterocycles. The van der Waals surface area contributed by atoms with Crippen LogP contribution in [-0.4, -0.2) is 5.11 Å². The van der Waals surface area contributed by atoms with Gasteiger partial charge in [-0.05, 0) is 126 Å². The van der Waals surface area contributed by atoms with Gasteiger partial charge in [0, 0.05) is 0 Å². The number of aryl methyl sites for hydroxylation is 1. The highest BCUT2D eigenvalue weighted by molar-refractivity contribution is 5.65. The molecule has 0 spiro atoms. The molecule has 0 aliphatic heterocycles. The molecule has 2 saturated carbocycles. The Labute approximate surface area is 254 Å². The molecule has 0 bridgehead atoms. The number of hydrogen-bond acceptors (Lipinski definition) is 1. The van der Waals surface area contributed by atoms with Crippen molar-refractivity contribution in [2.45, 2.75) is 90.6 Å². The minimum atomic E-state index is 0.101. The van der Waals surface area contributed by atoms with Crippen LogP contribution >= 0.6 is 0 Å². The zero-order valence-electron chi connectivity index (χ0n) is 25.9. The lowest BCUT2D eigenvalue weighted by atomic mass is 9.58. The lowest BCUT2D eigenvalue weighted by Gasteiger charge is -2.47. The lowest BCUT2D eigenvalue weighted by Crippen LogP contribution is -2.36. The molecule has 0 unspecified atom stereocenters. The predicted molar refractivity (Wildman–Crippen MR) is 178 cm³/mol. The van der Waals surface area contributed by atoms with Gasteiger partial charge >= 0.3 is 0 Å². The molecule has 0 radical (unpaired) electrons. The second kappa shape index (κ2) is 12.6. The number of aliphatic hydroxyl groups is 1. The molecule has 1 nitrogen and oxygen atoms in total. The van der Waals surface area contributed by atoms with E-state index in [0.717, 1.165) is 17.4 Å². The summed E-state index contributed by atoms with van der Waals surface area (Å²) in [6, 6.07) is 35.9. The Bertz CT molecular complexity index is 1450. The van der Waals surface area contributed by atoms with Crippen LogP contribution in [0.25, 0.3) is 22.3 Å². The zero-order valence-corrected chi connectivity index (χ0v) is 25.9. The van der Waals surface area contributed by atoms with Crippen LogP contribution in [0.5, 0.6) is 0 Å². The Morgan fingerprint density at radius 3 is 1.40 bits per heavy atom. The summed E-state index contributed by atoms with van der Waals surface area (Å²) in [5, 5.41) is 9.39. The molecule has 0 saturated heterocycles. The molecule has 0 atom stereocenters. The first kappa shape index (κ1) is 28.9. The maximum atomic E-state index is 9.39. The van der Waals surface area contributed by atoms with E-state index in [1.54, 1.807) is 0 Å². The molecule has 6 rings (SSSR count). The van der Waals surface area contributed by atoms with Crippen molar-refractivity contribution < 1.29 is 5.11 Å². The van der Waals surface area contributed by atoms with Crippen LogP contribution in [0, 0.1) is 24.2 Å². The van der Waals surface area contributed by atoms with Crippen LogP contribution < -0.4 is 0 Å². The van der Waals surface area contributed by atoms with Crippen molar-refractivity contribution >= 4 is 0 Å². The van der Waals surface area contributed by atoms with Crippen molar-refractivity contribution in [2.24, 2.45) is 17.3 Å². The van der Waals surface area contributed by atoms with Crippen molar-refractivity contribution in [3.63, 3.8) is 0 Å². The van der Waals surface area contributed by atoms with Gasteiger partial charge in [-0.3, -0.25) is 0 Å². The van der Waals surface area contributed by atoms with Gasteiger partial charge < -0.3 is 5.11 Å². The average Bonchev–Trinajstić information content (AvgIpc) is 3.05. The van der Waals surface area contributed by atoms with Crippen LogP contribution in [0.2, 0.25) is 0 Å². The highest BCUT2D eigenvalue weighted by Gasteiger charge is 2.40. The van der Waals surface area contributed by atoms with Crippen molar-refractivity contribution in [3.8, 4) is 22.3 Å². The second-order valence-corrected chi connectivity index (χ2v) is 13.9. The molecule has 4 aromatic carbocycles. The van der Waals surface area contributed by atoms with Crippen LogP contribution in [0.15, 0.2) is 97.1 Å². The Hall–Kier alpha value is -3.16. The number of aliphatic hydroxyl groups excluding tert-OH is 1. The molecule has 2 aliphatic rings. The normalized spacial score (nSPS) is 23.0. The summed E-state index contributed by atoms with van der Waals surface area (Å²) >= 11 is 0. The van der Waals surface area contributed by atoms with Crippen molar-refractivity contribution in [2.75, 3.05) is 0 Å². The van der Waals surface area contributed by atoms with E-state index in [1.807, 2.05) is 12.1 Å². The smallest absolute Gasteiger partial charge is 0.0681 e. The molecule has 42 heavy (non-hydrogen) atoms. The number of rotatable bonds is 7. The van der Waals surface area contributed by atoms with Crippen molar-refractivity contribution in [3.05, 3.63) is 119 Å². The second-order valence-electron chi connectivity index (χ2n) is 13.9. The van der Waals surface area contributed by atoms with Gasteiger partial charge in [0.25, 0.3) is 0 Å². The SMILES string of the molecule is Cc1ccc(-c2cccc(C3CCC(C(C)(C)C4CCC(c5cccc(-c6ccc(CO)cc6)c5)CC4)CC3)c2)cc1. The summed E-state index contributed by atoms with van der Waals surface area (Å²) in [5.41, 5.74) is 11.0. The van der Waals surface area contributed by atoms with Crippen molar-refractivity contribution in [1.29, 1.82) is 0 Å². The van der Waals surface area contributed by atoms with E-state index < -0.39 is 0 Å². The predicted octanol–water partition coefficient (Wildman–Crippen LogP) is 11.1. The van der Waals surface area contributed by atoms with Gasteiger partial charge in [-0.25, -0.2) is 0 Å². The van der Waals surface area contributed by atoms with E-state index in [9.17, 15) is 5.11 Å². The third kappa shape index (κ3) is 6.28. The van der Waals surface area contributed by atoms with E-state index in [4.69, 9.17) is 0 Å². The maximum Gasteiger partial charge on any atom is 0.0681 e. The molecule has 218 valence electrons.